The number of fused-ring (bicyclic) bond motifs is 5. The van der Waals surface area contributed by atoms with Crippen molar-refractivity contribution >= 4 is 0 Å². The van der Waals surface area contributed by atoms with Gasteiger partial charge in [-0.05, 0) is 106 Å². The largest absolute Gasteiger partial charge is 0.390 e. The van der Waals surface area contributed by atoms with Crippen LogP contribution in [0.5, 0.6) is 0 Å². The lowest BCUT2D eigenvalue weighted by Gasteiger charge is -2.58. The minimum atomic E-state index is -0.617. The van der Waals surface area contributed by atoms with Crippen molar-refractivity contribution in [2.75, 3.05) is 6.61 Å². The Balaban J connectivity index is 1.49. The highest BCUT2D eigenvalue weighted by Crippen LogP contribution is 2.65. The van der Waals surface area contributed by atoms with Crippen LogP contribution in [0.25, 0.3) is 0 Å². The molecule has 3 fully saturated rings. The highest BCUT2D eigenvalue weighted by Gasteiger charge is 2.58. The minimum Gasteiger partial charge on any atom is -0.390 e. The van der Waals surface area contributed by atoms with Crippen LogP contribution in [0.1, 0.15) is 92.4 Å². The van der Waals surface area contributed by atoms with Crippen molar-refractivity contribution in [1.29, 1.82) is 0 Å². The molecule has 2 heteroatoms. The SMILES string of the molecule is CC1CCC2(C)C(=CCC3C2CCC2(C)C(OCCC(C)(C)O)CCC32)C1. The Morgan fingerprint density at radius 1 is 1.11 bits per heavy atom. The molecule has 4 aliphatic carbocycles. The van der Waals surface area contributed by atoms with Gasteiger partial charge in [0, 0.05) is 6.61 Å². The van der Waals surface area contributed by atoms with E-state index in [1.54, 1.807) is 0 Å². The number of ether oxygens (including phenoxy) is 1. The molecule has 4 rings (SSSR count). The maximum absolute atomic E-state index is 10.0. The Morgan fingerprint density at radius 3 is 2.63 bits per heavy atom. The van der Waals surface area contributed by atoms with Crippen LogP contribution in [0.4, 0.5) is 0 Å². The minimum absolute atomic E-state index is 0.352. The predicted octanol–water partition coefficient (Wildman–Crippen LogP) is 6.13. The lowest BCUT2D eigenvalue weighted by molar-refractivity contribution is -0.0982. The molecule has 0 aromatic carbocycles. The smallest absolute Gasteiger partial charge is 0.0631 e. The molecule has 0 aromatic rings. The maximum atomic E-state index is 10.0. The number of aliphatic hydroxyl groups is 1. The first-order valence-corrected chi connectivity index (χ1v) is 11.7. The normalized spacial score (nSPS) is 47.0. The molecule has 0 spiro atoms. The van der Waals surface area contributed by atoms with Crippen LogP contribution in [0.15, 0.2) is 11.6 Å². The van der Waals surface area contributed by atoms with E-state index in [0.717, 1.165) is 30.1 Å². The van der Waals surface area contributed by atoms with Crippen LogP contribution in [0, 0.1) is 34.5 Å². The molecule has 0 aromatic heterocycles. The average molecular weight is 375 g/mol. The summed E-state index contributed by atoms with van der Waals surface area (Å²) < 4.78 is 6.40. The summed E-state index contributed by atoms with van der Waals surface area (Å²) in [6.45, 7) is 12.1. The monoisotopic (exact) mass is 374 g/mol. The van der Waals surface area contributed by atoms with E-state index >= 15 is 0 Å². The topological polar surface area (TPSA) is 29.5 Å². The van der Waals surface area contributed by atoms with E-state index in [4.69, 9.17) is 4.74 Å². The van der Waals surface area contributed by atoms with Crippen molar-refractivity contribution in [3.63, 3.8) is 0 Å². The summed E-state index contributed by atoms with van der Waals surface area (Å²) in [4.78, 5) is 0. The summed E-state index contributed by atoms with van der Waals surface area (Å²) in [6.07, 6.45) is 14.6. The maximum Gasteiger partial charge on any atom is 0.0631 e. The number of rotatable bonds is 4. The van der Waals surface area contributed by atoms with E-state index in [1.165, 1.54) is 51.4 Å². The first-order valence-electron chi connectivity index (χ1n) is 11.7. The van der Waals surface area contributed by atoms with Gasteiger partial charge in [-0.1, -0.05) is 32.4 Å². The molecule has 0 aliphatic heterocycles. The summed E-state index contributed by atoms with van der Waals surface area (Å²) in [5.41, 5.74) is 2.02. The Kier molecular flexibility index (Phi) is 5.08. The fourth-order valence-electron chi connectivity index (χ4n) is 7.52. The molecule has 0 radical (unpaired) electrons. The van der Waals surface area contributed by atoms with Crippen molar-refractivity contribution < 1.29 is 9.84 Å². The van der Waals surface area contributed by atoms with Crippen molar-refractivity contribution in [3.8, 4) is 0 Å². The van der Waals surface area contributed by atoms with Crippen LogP contribution < -0.4 is 0 Å². The molecule has 7 atom stereocenters. The molecule has 0 amide bonds. The zero-order valence-electron chi connectivity index (χ0n) is 18.4. The van der Waals surface area contributed by atoms with Crippen molar-refractivity contribution in [2.45, 2.75) is 104 Å². The Bertz CT molecular complexity index is 588. The third-order valence-corrected chi connectivity index (χ3v) is 9.30. The van der Waals surface area contributed by atoms with Crippen molar-refractivity contribution in [2.24, 2.45) is 34.5 Å². The van der Waals surface area contributed by atoms with Gasteiger partial charge in [0.25, 0.3) is 0 Å². The van der Waals surface area contributed by atoms with Gasteiger partial charge in [0.1, 0.15) is 0 Å². The summed E-state index contributed by atoms with van der Waals surface area (Å²) >= 11 is 0. The third kappa shape index (κ3) is 3.44. The van der Waals surface area contributed by atoms with Crippen LogP contribution in [-0.4, -0.2) is 23.4 Å². The van der Waals surface area contributed by atoms with E-state index in [9.17, 15) is 5.11 Å². The number of hydrogen-bond donors (Lipinski definition) is 1. The molecule has 0 heterocycles. The van der Waals surface area contributed by atoms with Gasteiger partial charge in [0.05, 0.1) is 11.7 Å². The summed E-state index contributed by atoms with van der Waals surface area (Å²) in [5, 5.41) is 10.0. The second-order valence-corrected chi connectivity index (χ2v) is 11.7. The fourth-order valence-corrected chi connectivity index (χ4v) is 7.52. The molecule has 7 unspecified atom stereocenters. The van der Waals surface area contributed by atoms with Gasteiger partial charge in [-0.25, -0.2) is 0 Å². The molecule has 2 nitrogen and oxygen atoms in total. The molecule has 3 saturated carbocycles. The Labute approximate surface area is 167 Å². The van der Waals surface area contributed by atoms with Crippen LogP contribution in [0.3, 0.4) is 0 Å². The number of allylic oxidation sites excluding steroid dienone is 2. The van der Waals surface area contributed by atoms with Crippen molar-refractivity contribution in [3.05, 3.63) is 11.6 Å². The molecular weight excluding hydrogens is 332 g/mol. The summed E-state index contributed by atoms with van der Waals surface area (Å²) in [7, 11) is 0. The van der Waals surface area contributed by atoms with E-state index in [-0.39, 0.29) is 0 Å². The molecular formula is C25H42O2. The summed E-state index contributed by atoms with van der Waals surface area (Å²) in [5.74, 6) is 3.49. The Morgan fingerprint density at radius 2 is 1.89 bits per heavy atom. The third-order valence-electron chi connectivity index (χ3n) is 9.30. The standard InChI is InChI=1S/C25H42O2/c1-17-10-12-24(4)18(16-17)6-7-19-20-8-9-22(27-15-14-23(2,3)26)25(20,5)13-11-21(19)24/h6,17,19-22,26H,7-16H2,1-5H3. The second-order valence-electron chi connectivity index (χ2n) is 11.7. The van der Waals surface area contributed by atoms with E-state index in [2.05, 4.69) is 26.8 Å². The van der Waals surface area contributed by atoms with Crippen LogP contribution in [-0.2, 0) is 4.74 Å². The molecule has 0 saturated heterocycles. The quantitative estimate of drug-likeness (QED) is 0.600. The van der Waals surface area contributed by atoms with Gasteiger partial charge in [-0.15, -0.1) is 0 Å². The van der Waals surface area contributed by atoms with Gasteiger partial charge in [0.15, 0.2) is 0 Å². The molecule has 154 valence electrons. The van der Waals surface area contributed by atoms with E-state index in [0.29, 0.717) is 23.5 Å². The zero-order valence-corrected chi connectivity index (χ0v) is 18.4. The Hall–Kier alpha value is -0.340. The van der Waals surface area contributed by atoms with Gasteiger partial charge in [0.2, 0.25) is 0 Å². The molecule has 4 aliphatic rings. The van der Waals surface area contributed by atoms with Crippen LogP contribution >= 0.6 is 0 Å². The highest BCUT2D eigenvalue weighted by molar-refractivity contribution is 5.25. The van der Waals surface area contributed by atoms with Gasteiger partial charge in [-0.2, -0.15) is 0 Å². The predicted molar refractivity (Wildman–Crippen MR) is 112 cm³/mol. The van der Waals surface area contributed by atoms with Gasteiger partial charge < -0.3 is 9.84 Å². The van der Waals surface area contributed by atoms with Crippen molar-refractivity contribution in [1.82, 2.24) is 0 Å². The van der Waals surface area contributed by atoms with E-state index in [1.807, 2.05) is 19.4 Å². The first-order chi connectivity index (χ1) is 12.6. The second kappa shape index (κ2) is 6.87. The lowest BCUT2D eigenvalue weighted by atomic mass is 9.47. The molecule has 0 bridgehead atoms. The van der Waals surface area contributed by atoms with Gasteiger partial charge in [-0.3, -0.25) is 0 Å². The molecule has 27 heavy (non-hydrogen) atoms. The van der Waals surface area contributed by atoms with Gasteiger partial charge >= 0.3 is 0 Å². The number of hydrogen-bond acceptors (Lipinski definition) is 2. The molecule has 1 N–H and O–H groups in total. The first kappa shape index (κ1) is 20.0. The summed E-state index contributed by atoms with van der Waals surface area (Å²) in [6, 6.07) is 0. The van der Waals surface area contributed by atoms with Crippen LogP contribution in [0.2, 0.25) is 0 Å². The fraction of sp³-hybridized carbons (Fsp3) is 0.920. The van der Waals surface area contributed by atoms with E-state index < -0.39 is 5.60 Å². The lowest BCUT2D eigenvalue weighted by Crippen LogP contribution is -2.51. The zero-order chi connectivity index (χ0) is 19.4. The highest BCUT2D eigenvalue weighted by atomic mass is 16.5. The average Bonchev–Trinajstić information content (AvgIpc) is 2.91.